The Hall–Kier alpha value is -4.00. The van der Waals surface area contributed by atoms with Gasteiger partial charge in [-0.25, -0.2) is 13.2 Å². The molecule has 0 fully saturated rings. The highest BCUT2D eigenvalue weighted by molar-refractivity contribution is 7.92. The van der Waals surface area contributed by atoms with Crippen LogP contribution < -0.4 is 10.5 Å². The third kappa shape index (κ3) is 4.77. The number of nitrogens with one attached hydrogen (secondary N) is 1. The van der Waals surface area contributed by atoms with Crippen LogP contribution in [-0.2, 0) is 30.9 Å². The number of hydrogen-bond acceptors (Lipinski definition) is 8. The third-order valence-electron chi connectivity index (χ3n) is 5.11. The summed E-state index contributed by atoms with van der Waals surface area (Å²) in [6.07, 6.45) is -0.240. The lowest BCUT2D eigenvalue weighted by molar-refractivity contribution is -0.387. The maximum Gasteiger partial charge on any atom is 0.328 e. The summed E-state index contributed by atoms with van der Waals surface area (Å²) >= 11 is 0. The maximum atomic E-state index is 13.0. The van der Waals surface area contributed by atoms with E-state index in [1.807, 2.05) is 0 Å². The number of benzene rings is 2. The van der Waals surface area contributed by atoms with Crippen LogP contribution in [0, 0.1) is 10.1 Å². The number of methoxy groups -OCH3 is 1. The zero-order valence-electron chi connectivity index (χ0n) is 17.4. The number of anilines is 1. The topological polar surface area (TPSA) is 179 Å². The largest absolute Gasteiger partial charge is 0.467 e. The summed E-state index contributed by atoms with van der Waals surface area (Å²) in [4.78, 5) is 47.5. The van der Waals surface area contributed by atoms with Crippen molar-refractivity contribution in [2.24, 2.45) is 5.73 Å². The average Bonchev–Trinajstić information content (AvgIpc) is 3.10. The van der Waals surface area contributed by atoms with Crippen LogP contribution in [0.25, 0.3) is 0 Å². The third-order valence-corrected chi connectivity index (χ3v) is 6.52. The smallest absolute Gasteiger partial charge is 0.328 e. The number of nitrogens with zero attached hydrogens (tertiary/aromatic N) is 2. The number of rotatable bonds is 9. The van der Waals surface area contributed by atoms with Crippen LogP contribution in [0.3, 0.4) is 0 Å². The standard InChI is InChI=1S/C20H20N4O8S/c1-32-20(27)16(9-10-18(21)25)23-11-13-12(19(23)26)5-4-6-14(13)22-33(30,31)17-8-3-2-7-15(17)24(28)29/h2-8,16,22H,9-11H2,1H3,(H2,21,25). The van der Waals surface area contributed by atoms with Crippen molar-refractivity contribution in [1.82, 2.24) is 4.90 Å². The fraction of sp³-hybridized carbons (Fsp3) is 0.250. The summed E-state index contributed by atoms with van der Waals surface area (Å²) in [5.41, 5.74) is 5.01. The van der Waals surface area contributed by atoms with E-state index < -0.39 is 49.4 Å². The number of para-hydroxylation sites is 1. The first kappa shape index (κ1) is 23.7. The fourth-order valence-corrected chi connectivity index (χ4v) is 4.82. The lowest BCUT2D eigenvalue weighted by atomic mass is 10.1. The number of carbonyl (C=O) groups excluding carboxylic acids is 3. The van der Waals surface area contributed by atoms with E-state index in [0.717, 1.165) is 19.2 Å². The monoisotopic (exact) mass is 476 g/mol. The summed E-state index contributed by atoms with van der Waals surface area (Å²) in [7, 11) is -3.24. The van der Waals surface area contributed by atoms with Gasteiger partial charge in [0, 0.05) is 30.2 Å². The van der Waals surface area contributed by atoms with Crippen molar-refractivity contribution >= 4 is 39.2 Å². The minimum Gasteiger partial charge on any atom is -0.467 e. The second kappa shape index (κ2) is 9.24. The molecule has 13 heteroatoms. The van der Waals surface area contributed by atoms with Gasteiger partial charge in [0.1, 0.15) is 6.04 Å². The molecule has 2 aromatic rings. The maximum absolute atomic E-state index is 13.0. The number of nitrogens with two attached hydrogens (primary N) is 1. The van der Waals surface area contributed by atoms with E-state index >= 15 is 0 Å². The van der Waals surface area contributed by atoms with Gasteiger partial charge in [0.25, 0.3) is 21.6 Å². The number of sulfonamides is 1. The number of hydrogen-bond donors (Lipinski definition) is 2. The Kier molecular flexibility index (Phi) is 6.62. The molecule has 0 aliphatic carbocycles. The molecule has 1 atom stereocenters. The van der Waals surface area contributed by atoms with Gasteiger partial charge in [-0.2, -0.15) is 0 Å². The molecule has 1 unspecified atom stereocenters. The van der Waals surface area contributed by atoms with Gasteiger partial charge in [0.2, 0.25) is 5.91 Å². The molecular weight excluding hydrogens is 456 g/mol. The molecule has 1 aliphatic heterocycles. The average molecular weight is 476 g/mol. The van der Waals surface area contributed by atoms with Gasteiger partial charge in [-0.3, -0.25) is 24.4 Å². The molecule has 2 amide bonds. The molecule has 0 saturated carbocycles. The molecule has 0 spiro atoms. The number of carbonyl (C=O) groups is 3. The second-order valence-electron chi connectivity index (χ2n) is 7.14. The molecule has 3 rings (SSSR count). The lowest BCUT2D eigenvalue weighted by Gasteiger charge is -2.25. The molecule has 174 valence electrons. The molecule has 2 aromatic carbocycles. The molecule has 12 nitrogen and oxygen atoms in total. The van der Waals surface area contributed by atoms with E-state index in [4.69, 9.17) is 10.5 Å². The van der Waals surface area contributed by atoms with Crippen LogP contribution in [-0.4, -0.2) is 49.2 Å². The predicted octanol–water partition coefficient (Wildman–Crippen LogP) is 1.16. The highest BCUT2D eigenvalue weighted by Gasteiger charge is 2.38. The Morgan fingerprint density at radius 1 is 1.24 bits per heavy atom. The van der Waals surface area contributed by atoms with E-state index in [2.05, 4.69) is 4.72 Å². The van der Waals surface area contributed by atoms with E-state index in [9.17, 15) is 32.9 Å². The SMILES string of the molecule is COC(=O)C(CCC(N)=O)N1Cc2c(NS(=O)(=O)c3ccccc3[N+](=O)[O-])cccc2C1=O. The van der Waals surface area contributed by atoms with Crippen LogP contribution >= 0.6 is 0 Å². The number of nitro groups is 1. The van der Waals surface area contributed by atoms with Crippen molar-refractivity contribution in [3.63, 3.8) is 0 Å². The Balaban J connectivity index is 1.96. The van der Waals surface area contributed by atoms with Gasteiger partial charge < -0.3 is 15.4 Å². The number of fused-ring (bicyclic) bond motifs is 1. The first-order chi connectivity index (χ1) is 15.6. The number of nitro benzene ring substituents is 1. The van der Waals surface area contributed by atoms with Gasteiger partial charge >= 0.3 is 5.97 Å². The van der Waals surface area contributed by atoms with Crippen LogP contribution in [0.15, 0.2) is 47.4 Å². The Morgan fingerprint density at radius 2 is 1.94 bits per heavy atom. The van der Waals surface area contributed by atoms with Gasteiger partial charge in [-0.05, 0) is 24.6 Å². The number of esters is 1. The normalized spacial score (nSPS) is 13.8. The second-order valence-corrected chi connectivity index (χ2v) is 8.79. The molecule has 1 heterocycles. The van der Waals surface area contributed by atoms with Crippen molar-refractivity contribution in [3.05, 3.63) is 63.7 Å². The van der Waals surface area contributed by atoms with Crippen molar-refractivity contribution < 1.29 is 32.5 Å². The van der Waals surface area contributed by atoms with Gasteiger partial charge in [-0.15, -0.1) is 0 Å². The van der Waals surface area contributed by atoms with Gasteiger partial charge in [-0.1, -0.05) is 18.2 Å². The highest BCUT2D eigenvalue weighted by Crippen LogP contribution is 2.34. The molecule has 0 bridgehead atoms. The Bertz CT molecular complexity index is 1240. The Labute approximate surface area is 188 Å². The molecule has 0 aromatic heterocycles. The van der Waals surface area contributed by atoms with E-state index in [-0.39, 0.29) is 36.2 Å². The van der Waals surface area contributed by atoms with Crippen molar-refractivity contribution in [2.45, 2.75) is 30.3 Å². The van der Waals surface area contributed by atoms with E-state index in [1.165, 1.54) is 35.2 Å². The highest BCUT2D eigenvalue weighted by atomic mass is 32.2. The van der Waals surface area contributed by atoms with Crippen LogP contribution in [0.5, 0.6) is 0 Å². The van der Waals surface area contributed by atoms with Crippen LogP contribution in [0.1, 0.15) is 28.8 Å². The molecule has 1 aliphatic rings. The predicted molar refractivity (Wildman–Crippen MR) is 114 cm³/mol. The van der Waals surface area contributed by atoms with E-state index in [1.54, 1.807) is 0 Å². The summed E-state index contributed by atoms with van der Waals surface area (Å²) in [6.45, 7) is -0.151. The fourth-order valence-electron chi connectivity index (χ4n) is 3.55. The van der Waals surface area contributed by atoms with Gasteiger partial charge in [0.15, 0.2) is 4.90 Å². The summed E-state index contributed by atoms with van der Waals surface area (Å²) in [5, 5.41) is 11.3. The first-order valence-corrected chi connectivity index (χ1v) is 11.1. The van der Waals surface area contributed by atoms with Crippen molar-refractivity contribution in [2.75, 3.05) is 11.8 Å². The van der Waals surface area contributed by atoms with Crippen molar-refractivity contribution in [3.8, 4) is 0 Å². The van der Waals surface area contributed by atoms with Crippen LogP contribution in [0.4, 0.5) is 11.4 Å². The number of primary amides is 1. The summed E-state index contributed by atoms with van der Waals surface area (Å²) < 4.78 is 32.9. The summed E-state index contributed by atoms with van der Waals surface area (Å²) in [5.74, 6) is -1.97. The zero-order chi connectivity index (χ0) is 24.3. The zero-order valence-corrected chi connectivity index (χ0v) is 18.2. The quantitative estimate of drug-likeness (QED) is 0.307. The minimum atomic E-state index is -4.38. The molecule has 0 saturated heterocycles. The molecule has 3 N–H and O–H groups in total. The number of amides is 2. The molecular formula is C20H20N4O8S. The summed E-state index contributed by atoms with van der Waals surface area (Å²) in [6, 6.07) is 8.04. The van der Waals surface area contributed by atoms with Crippen LogP contribution in [0.2, 0.25) is 0 Å². The molecule has 0 radical (unpaired) electrons. The number of ether oxygens (including phenoxy) is 1. The molecule has 33 heavy (non-hydrogen) atoms. The van der Waals surface area contributed by atoms with Gasteiger partial charge in [0.05, 0.1) is 17.7 Å². The van der Waals surface area contributed by atoms with E-state index in [0.29, 0.717) is 0 Å². The minimum absolute atomic E-state index is 0.0278. The first-order valence-electron chi connectivity index (χ1n) is 9.62. The lowest BCUT2D eigenvalue weighted by Crippen LogP contribution is -2.42. The Morgan fingerprint density at radius 3 is 2.58 bits per heavy atom. The van der Waals surface area contributed by atoms with Crippen molar-refractivity contribution in [1.29, 1.82) is 0 Å².